The number of nitrogens with two attached hydrogens (primary N) is 1. The van der Waals surface area contributed by atoms with Crippen molar-refractivity contribution in [1.29, 1.82) is 0 Å². The maximum absolute atomic E-state index is 12.5. The Balaban J connectivity index is 0.00000162. The van der Waals surface area contributed by atoms with Crippen LogP contribution in [0, 0.1) is 11.8 Å². The van der Waals surface area contributed by atoms with Crippen LogP contribution in [-0.4, -0.2) is 29.4 Å². The summed E-state index contributed by atoms with van der Waals surface area (Å²) in [6.07, 6.45) is 6.60. The molecule has 3 nitrogen and oxygen atoms in total. The lowest BCUT2D eigenvalue weighted by Crippen LogP contribution is -2.43. The molecule has 0 radical (unpaired) electrons. The molecule has 2 aliphatic rings. The van der Waals surface area contributed by atoms with Gasteiger partial charge < -0.3 is 10.6 Å². The van der Waals surface area contributed by atoms with Crippen LogP contribution >= 0.6 is 12.4 Å². The summed E-state index contributed by atoms with van der Waals surface area (Å²) in [6.45, 7) is 5.41. The second kappa shape index (κ2) is 6.76. The lowest BCUT2D eigenvalue weighted by atomic mass is 10.0. The fourth-order valence-corrected chi connectivity index (χ4v) is 3.31. The Hall–Kier alpha value is -0.280. The smallest absolute Gasteiger partial charge is 0.225 e. The van der Waals surface area contributed by atoms with Crippen molar-refractivity contribution in [3.05, 3.63) is 0 Å². The van der Waals surface area contributed by atoms with Crippen LogP contribution < -0.4 is 5.73 Å². The topological polar surface area (TPSA) is 46.3 Å². The van der Waals surface area contributed by atoms with Gasteiger partial charge in [-0.15, -0.1) is 12.4 Å². The summed E-state index contributed by atoms with van der Waals surface area (Å²) in [6, 6.07) is 0.674. The standard InChI is InChI=1S/C14H26N2O.ClH/c1-10-4-3-5-11(2)16(9-10)14(17)12-6-7-13(15)8-12;/h10-13H,3-9,15H2,1-2H3;1H. The van der Waals surface area contributed by atoms with Gasteiger partial charge in [0.25, 0.3) is 0 Å². The van der Waals surface area contributed by atoms with E-state index in [0.717, 1.165) is 32.2 Å². The molecule has 0 spiro atoms. The van der Waals surface area contributed by atoms with Crippen molar-refractivity contribution >= 4 is 18.3 Å². The molecule has 1 amide bonds. The molecule has 106 valence electrons. The van der Waals surface area contributed by atoms with E-state index in [-0.39, 0.29) is 24.4 Å². The van der Waals surface area contributed by atoms with Crippen molar-refractivity contribution in [3.63, 3.8) is 0 Å². The van der Waals surface area contributed by atoms with Gasteiger partial charge in [0, 0.05) is 24.5 Å². The first-order valence-corrected chi connectivity index (χ1v) is 7.14. The van der Waals surface area contributed by atoms with E-state index in [2.05, 4.69) is 18.7 Å². The number of halogens is 1. The van der Waals surface area contributed by atoms with Crippen molar-refractivity contribution in [2.75, 3.05) is 6.54 Å². The quantitative estimate of drug-likeness (QED) is 0.799. The molecular formula is C14H27ClN2O. The number of amides is 1. The first-order valence-electron chi connectivity index (χ1n) is 7.14. The summed E-state index contributed by atoms with van der Waals surface area (Å²) >= 11 is 0. The van der Waals surface area contributed by atoms with Gasteiger partial charge in [0.2, 0.25) is 5.91 Å². The van der Waals surface area contributed by atoms with Gasteiger partial charge in [-0.3, -0.25) is 4.79 Å². The first-order chi connectivity index (χ1) is 8.08. The molecule has 0 bridgehead atoms. The number of carbonyl (C=O) groups excluding carboxylic acids is 1. The molecule has 2 N–H and O–H groups in total. The van der Waals surface area contributed by atoms with E-state index >= 15 is 0 Å². The van der Waals surface area contributed by atoms with E-state index in [9.17, 15) is 4.79 Å². The molecule has 1 aliphatic carbocycles. The molecule has 4 heteroatoms. The number of rotatable bonds is 1. The molecule has 0 aromatic heterocycles. The highest BCUT2D eigenvalue weighted by atomic mass is 35.5. The van der Waals surface area contributed by atoms with Crippen LogP contribution in [0.15, 0.2) is 0 Å². The van der Waals surface area contributed by atoms with Gasteiger partial charge >= 0.3 is 0 Å². The summed E-state index contributed by atoms with van der Waals surface area (Å²) in [5, 5.41) is 0. The monoisotopic (exact) mass is 274 g/mol. The zero-order valence-electron chi connectivity index (χ0n) is 11.6. The highest BCUT2D eigenvalue weighted by molar-refractivity contribution is 5.85. The van der Waals surface area contributed by atoms with Crippen LogP contribution in [0.4, 0.5) is 0 Å². The average Bonchev–Trinajstić information content (AvgIpc) is 2.64. The Morgan fingerprint density at radius 2 is 1.89 bits per heavy atom. The maximum atomic E-state index is 12.5. The molecule has 2 rings (SSSR count). The Morgan fingerprint density at radius 3 is 2.50 bits per heavy atom. The highest BCUT2D eigenvalue weighted by Crippen LogP contribution is 2.29. The summed E-state index contributed by atoms with van der Waals surface area (Å²) < 4.78 is 0. The molecule has 4 unspecified atom stereocenters. The Kier molecular flexibility index (Phi) is 5.93. The summed E-state index contributed by atoms with van der Waals surface area (Å²) in [5.41, 5.74) is 5.91. The van der Waals surface area contributed by atoms with E-state index in [1.165, 1.54) is 12.8 Å². The summed E-state index contributed by atoms with van der Waals surface area (Å²) in [7, 11) is 0. The van der Waals surface area contributed by atoms with Crippen LogP contribution in [0.5, 0.6) is 0 Å². The number of nitrogens with zero attached hydrogens (tertiary/aromatic N) is 1. The molecule has 1 saturated heterocycles. The zero-order chi connectivity index (χ0) is 12.4. The lowest BCUT2D eigenvalue weighted by Gasteiger charge is -2.31. The number of likely N-dealkylation sites (tertiary alicyclic amines) is 1. The lowest BCUT2D eigenvalue weighted by molar-refractivity contribution is -0.137. The van der Waals surface area contributed by atoms with E-state index in [4.69, 9.17) is 5.73 Å². The van der Waals surface area contributed by atoms with Crippen LogP contribution in [0.2, 0.25) is 0 Å². The molecule has 4 atom stereocenters. The van der Waals surface area contributed by atoms with Crippen molar-refractivity contribution in [2.24, 2.45) is 17.6 Å². The Bertz CT molecular complexity index is 285. The Morgan fingerprint density at radius 1 is 1.17 bits per heavy atom. The third-order valence-electron chi connectivity index (χ3n) is 4.46. The predicted octanol–water partition coefficient (Wildman–Crippen LogP) is 2.57. The van der Waals surface area contributed by atoms with Crippen LogP contribution in [0.3, 0.4) is 0 Å². The third kappa shape index (κ3) is 3.61. The molecule has 1 saturated carbocycles. The second-order valence-corrected chi connectivity index (χ2v) is 6.15. The SMILES string of the molecule is CC1CCCC(C)N(C(=O)C2CCC(N)C2)C1.Cl. The van der Waals surface area contributed by atoms with Gasteiger partial charge in [-0.2, -0.15) is 0 Å². The summed E-state index contributed by atoms with van der Waals surface area (Å²) in [4.78, 5) is 14.7. The van der Waals surface area contributed by atoms with E-state index < -0.39 is 0 Å². The Labute approximate surface area is 117 Å². The predicted molar refractivity (Wildman–Crippen MR) is 76.8 cm³/mol. The van der Waals surface area contributed by atoms with Crippen molar-refractivity contribution < 1.29 is 4.79 Å². The molecule has 18 heavy (non-hydrogen) atoms. The van der Waals surface area contributed by atoms with Crippen molar-refractivity contribution in [3.8, 4) is 0 Å². The van der Waals surface area contributed by atoms with Gasteiger partial charge in [0.1, 0.15) is 0 Å². The summed E-state index contributed by atoms with van der Waals surface area (Å²) in [5.74, 6) is 1.23. The van der Waals surface area contributed by atoms with Gasteiger partial charge in [0.05, 0.1) is 0 Å². The van der Waals surface area contributed by atoms with Crippen LogP contribution in [-0.2, 0) is 4.79 Å². The van der Waals surface area contributed by atoms with Crippen LogP contribution in [0.25, 0.3) is 0 Å². The largest absolute Gasteiger partial charge is 0.339 e. The molecule has 1 aliphatic heterocycles. The highest BCUT2D eigenvalue weighted by Gasteiger charge is 2.34. The minimum Gasteiger partial charge on any atom is -0.339 e. The number of hydrogen-bond donors (Lipinski definition) is 1. The van der Waals surface area contributed by atoms with Gasteiger partial charge in [-0.1, -0.05) is 13.3 Å². The van der Waals surface area contributed by atoms with Gasteiger partial charge in [-0.05, 0) is 44.9 Å². The molecular weight excluding hydrogens is 248 g/mol. The molecule has 2 fully saturated rings. The minimum atomic E-state index is 0. The van der Waals surface area contributed by atoms with E-state index in [1.807, 2.05) is 0 Å². The molecule has 0 aromatic rings. The molecule has 1 heterocycles. The van der Waals surface area contributed by atoms with E-state index in [0.29, 0.717) is 17.9 Å². The normalized spacial score (nSPS) is 36.9. The van der Waals surface area contributed by atoms with Crippen molar-refractivity contribution in [2.45, 2.75) is 64.5 Å². The zero-order valence-corrected chi connectivity index (χ0v) is 12.4. The molecule has 0 aromatic carbocycles. The number of carbonyl (C=O) groups is 1. The first kappa shape index (κ1) is 15.8. The maximum Gasteiger partial charge on any atom is 0.225 e. The van der Waals surface area contributed by atoms with Crippen molar-refractivity contribution in [1.82, 2.24) is 4.90 Å². The van der Waals surface area contributed by atoms with E-state index in [1.54, 1.807) is 0 Å². The third-order valence-corrected chi connectivity index (χ3v) is 4.46. The fraction of sp³-hybridized carbons (Fsp3) is 0.929. The van der Waals surface area contributed by atoms with Crippen LogP contribution in [0.1, 0.15) is 52.4 Å². The second-order valence-electron chi connectivity index (χ2n) is 6.15. The average molecular weight is 275 g/mol. The number of hydrogen-bond acceptors (Lipinski definition) is 2. The van der Waals surface area contributed by atoms with Gasteiger partial charge in [0.15, 0.2) is 0 Å². The fourth-order valence-electron chi connectivity index (χ4n) is 3.31. The minimum absolute atomic E-state index is 0. The van der Waals surface area contributed by atoms with Gasteiger partial charge in [-0.25, -0.2) is 0 Å².